The second-order valence-corrected chi connectivity index (χ2v) is 17.7. The van der Waals surface area contributed by atoms with Crippen molar-refractivity contribution < 1.29 is 22.8 Å². The Bertz CT molecular complexity index is 2150. The van der Waals surface area contributed by atoms with Crippen molar-refractivity contribution >= 4 is 47.7 Å². The minimum absolute atomic E-state index is 0.0957. The Morgan fingerprint density at radius 2 is 1.47 bits per heavy atom. The van der Waals surface area contributed by atoms with Crippen LogP contribution in [-0.2, 0) is 18.5 Å². The average Bonchev–Trinajstić information content (AvgIpc) is 3.20. The Hall–Kier alpha value is -4.27. The van der Waals surface area contributed by atoms with Gasteiger partial charge in [0, 0.05) is 47.5 Å². The van der Waals surface area contributed by atoms with Crippen LogP contribution >= 0.6 is 19.8 Å². The number of methoxy groups -OCH3 is 3. The topological polar surface area (TPSA) is 72.8 Å². The summed E-state index contributed by atoms with van der Waals surface area (Å²) in [6.07, 6.45) is 3.97. The second-order valence-electron chi connectivity index (χ2n) is 15.5. The predicted molar refractivity (Wildman–Crippen MR) is 232 cm³/mol. The summed E-state index contributed by atoms with van der Waals surface area (Å²) >= 11 is 7.47. The number of nitrogens with zero attached hydrogens (tertiary/aromatic N) is 5. The number of halogens is 3. The molecule has 0 fully saturated rings. The summed E-state index contributed by atoms with van der Waals surface area (Å²) in [6, 6.07) is 17.9. The fourth-order valence-corrected chi connectivity index (χ4v) is 10.0. The standard InChI is InChI=1S/C45H55ClF2N5O3P/c1-11-13-14-32(12-2)53(24-27(3)4)43-36-29(6)39(46)37-40-38(45(7,47)57(48)42(37)41(36)50-44(51-43)56-10)28(5)23-35(49-40)52(25-30-15-19-33(54-8)20-16-30)26-31-17-21-34(55-9)22-18-31/h15-23,27,32H,11-14,24-26H2,1-10H3/t32-,45?,57?/m0/s1. The number of benzene rings is 3. The number of fused-ring (bicyclic) bond motifs is 5. The summed E-state index contributed by atoms with van der Waals surface area (Å²) in [7, 11) is 1.80. The highest BCUT2D eigenvalue weighted by atomic mass is 35.5. The first-order chi connectivity index (χ1) is 27.3. The minimum Gasteiger partial charge on any atom is -0.497 e. The van der Waals surface area contributed by atoms with Crippen LogP contribution in [0.4, 0.5) is 20.2 Å². The van der Waals surface area contributed by atoms with Gasteiger partial charge in [0.25, 0.3) is 0 Å². The number of alkyl halides is 1. The average molecular weight is 818 g/mol. The van der Waals surface area contributed by atoms with Crippen LogP contribution in [0.25, 0.3) is 22.2 Å². The Morgan fingerprint density at radius 1 is 0.877 bits per heavy atom. The molecule has 57 heavy (non-hydrogen) atoms. The number of anilines is 2. The van der Waals surface area contributed by atoms with Crippen LogP contribution in [0.2, 0.25) is 5.02 Å². The van der Waals surface area contributed by atoms with E-state index in [4.69, 9.17) is 40.8 Å². The van der Waals surface area contributed by atoms with Crippen molar-refractivity contribution in [2.75, 3.05) is 37.7 Å². The molecule has 1 aliphatic rings. The first-order valence-corrected chi connectivity index (χ1v) is 21.4. The van der Waals surface area contributed by atoms with E-state index in [0.29, 0.717) is 75.5 Å². The van der Waals surface area contributed by atoms with Crippen LogP contribution in [0.5, 0.6) is 17.5 Å². The molecule has 0 spiro atoms. The normalized spacial score (nSPS) is 16.6. The molecule has 12 heteroatoms. The van der Waals surface area contributed by atoms with Gasteiger partial charge in [-0.3, -0.25) is 0 Å². The van der Waals surface area contributed by atoms with E-state index in [9.17, 15) is 0 Å². The second kappa shape index (κ2) is 17.7. The van der Waals surface area contributed by atoms with E-state index in [-0.39, 0.29) is 22.9 Å². The van der Waals surface area contributed by atoms with Crippen LogP contribution < -0.4 is 29.3 Å². The lowest BCUT2D eigenvalue weighted by Gasteiger charge is -2.38. The molecule has 0 aliphatic carbocycles. The summed E-state index contributed by atoms with van der Waals surface area (Å²) in [4.78, 5) is 19.5. The number of pyridine rings is 1. The van der Waals surface area contributed by atoms with Gasteiger partial charge >= 0.3 is 6.01 Å². The first kappa shape index (κ1) is 42.3. The van der Waals surface area contributed by atoms with Crippen molar-refractivity contribution in [2.45, 2.75) is 98.7 Å². The Labute approximate surface area is 342 Å². The molecule has 3 heterocycles. The highest BCUT2D eigenvalue weighted by molar-refractivity contribution is 7.62. The molecule has 1 aliphatic heterocycles. The van der Waals surface area contributed by atoms with Gasteiger partial charge in [-0.1, -0.05) is 76.4 Å². The molecule has 0 radical (unpaired) electrons. The molecular formula is C45H55ClF2N5O3P. The third-order valence-electron chi connectivity index (χ3n) is 10.9. The van der Waals surface area contributed by atoms with Crippen LogP contribution in [0.3, 0.4) is 0 Å². The fourth-order valence-electron chi connectivity index (χ4n) is 8.00. The van der Waals surface area contributed by atoms with E-state index in [0.717, 1.165) is 48.3 Å². The largest absolute Gasteiger partial charge is 0.497 e. The lowest BCUT2D eigenvalue weighted by molar-refractivity contribution is 0.306. The molecule has 6 rings (SSSR count). The molecule has 2 unspecified atom stereocenters. The van der Waals surface area contributed by atoms with E-state index in [1.165, 1.54) is 14.0 Å². The molecule has 0 saturated carbocycles. The van der Waals surface area contributed by atoms with E-state index >= 15 is 8.59 Å². The van der Waals surface area contributed by atoms with Gasteiger partial charge in [0.05, 0.1) is 37.6 Å². The molecule has 0 saturated heterocycles. The number of unbranched alkanes of at least 4 members (excludes halogenated alkanes) is 1. The maximum atomic E-state index is 17.5. The Morgan fingerprint density at radius 3 is 1.98 bits per heavy atom. The minimum atomic E-state index is -2.98. The maximum Gasteiger partial charge on any atom is 0.318 e. The van der Waals surface area contributed by atoms with E-state index in [1.807, 2.05) is 68.4 Å². The molecular weight excluding hydrogens is 763 g/mol. The number of aromatic nitrogens is 3. The van der Waals surface area contributed by atoms with Gasteiger partial charge in [0.1, 0.15) is 23.1 Å². The third kappa shape index (κ3) is 8.36. The predicted octanol–water partition coefficient (Wildman–Crippen LogP) is 11.8. The van der Waals surface area contributed by atoms with Gasteiger partial charge in [0.2, 0.25) is 0 Å². The van der Waals surface area contributed by atoms with E-state index < -0.39 is 13.6 Å². The maximum absolute atomic E-state index is 17.5. The van der Waals surface area contributed by atoms with Crippen molar-refractivity contribution in [3.8, 4) is 28.8 Å². The fraction of sp³-hybridized carbons (Fsp3) is 0.444. The summed E-state index contributed by atoms with van der Waals surface area (Å²) in [5.41, 5.74) is 4.54. The van der Waals surface area contributed by atoms with E-state index in [1.54, 1.807) is 14.2 Å². The van der Waals surface area contributed by atoms with Crippen molar-refractivity contribution in [1.29, 1.82) is 0 Å². The van der Waals surface area contributed by atoms with Crippen molar-refractivity contribution in [3.63, 3.8) is 0 Å². The van der Waals surface area contributed by atoms with Gasteiger partial charge in [0.15, 0.2) is 13.6 Å². The number of aryl methyl sites for hydroxylation is 2. The molecule has 2 aromatic heterocycles. The Balaban J connectivity index is 1.61. The summed E-state index contributed by atoms with van der Waals surface area (Å²) in [6.45, 7) is 15.5. The molecule has 304 valence electrons. The van der Waals surface area contributed by atoms with Gasteiger partial charge in [-0.05, 0) is 92.1 Å². The molecule has 0 amide bonds. The monoisotopic (exact) mass is 817 g/mol. The van der Waals surface area contributed by atoms with Gasteiger partial charge in [-0.25, -0.2) is 13.6 Å². The lowest BCUT2D eigenvalue weighted by atomic mass is 9.94. The van der Waals surface area contributed by atoms with Gasteiger partial charge in [-0.2, -0.15) is 9.97 Å². The molecule has 0 N–H and O–H groups in total. The molecule has 8 nitrogen and oxygen atoms in total. The molecule has 0 bridgehead atoms. The number of hydrogen-bond donors (Lipinski definition) is 0. The summed E-state index contributed by atoms with van der Waals surface area (Å²) in [5.74, 6) is 3.04. The third-order valence-corrected chi connectivity index (χ3v) is 13.2. The van der Waals surface area contributed by atoms with Gasteiger partial charge < -0.3 is 24.0 Å². The zero-order valence-electron chi connectivity index (χ0n) is 34.8. The summed E-state index contributed by atoms with van der Waals surface area (Å²) < 4.78 is 51.5. The smallest absolute Gasteiger partial charge is 0.318 e. The van der Waals surface area contributed by atoms with Crippen molar-refractivity contribution in [3.05, 3.63) is 87.4 Å². The number of ether oxygens (including phenoxy) is 3. The highest BCUT2D eigenvalue weighted by Gasteiger charge is 2.50. The molecule has 3 atom stereocenters. The molecule has 3 aromatic carbocycles. The lowest BCUT2D eigenvalue weighted by Crippen LogP contribution is -2.39. The SMILES string of the molecule is CCCC[C@H](CC)N(CC(C)C)c1nc(OC)nc2c3c(c(Cl)c(C)c12)-c1nc(N(Cc2ccc(OC)cc2)Cc2ccc(OC)cc2)cc(C)c1C(C)(F)P3F. The number of rotatable bonds is 16. The zero-order chi connectivity index (χ0) is 41.2. The van der Waals surface area contributed by atoms with Gasteiger partial charge in [-0.15, -0.1) is 0 Å². The number of hydrogen-bond acceptors (Lipinski definition) is 8. The van der Waals surface area contributed by atoms with Crippen molar-refractivity contribution in [1.82, 2.24) is 15.0 Å². The van der Waals surface area contributed by atoms with Crippen LogP contribution in [0, 0.1) is 19.8 Å². The van der Waals surface area contributed by atoms with Crippen LogP contribution in [0.1, 0.15) is 88.1 Å². The quantitative estimate of drug-likeness (QED) is 0.0912. The molecule has 5 aromatic rings. The first-order valence-electron chi connectivity index (χ1n) is 19.8. The van der Waals surface area contributed by atoms with Crippen LogP contribution in [-0.4, -0.2) is 48.9 Å². The zero-order valence-corrected chi connectivity index (χ0v) is 36.5. The highest BCUT2D eigenvalue weighted by Crippen LogP contribution is 2.66. The van der Waals surface area contributed by atoms with Crippen LogP contribution in [0.15, 0.2) is 54.6 Å². The summed E-state index contributed by atoms with van der Waals surface area (Å²) in [5, 5.41) is -1.32. The van der Waals surface area contributed by atoms with E-state index in [2.05, 4.69) is 37.5 Å². The van der Waals surface area contributed by atoms with Crippen molar-refractivity contribution in [2.24, 2.45) is 5.92 Å². The Kier molecular flexibility index (Phi) is 13.1.